The fraction of sp³-hybridized carbons (Fsp3) is 0.615. The van der Waals surface area contributed by atoms with Crippen LogP contribution in [0.2, 0.25) is 0 Å². The number of hydrogen-bond acceptors (Lipinski definition) is 6. The van der Waals surface area contributed by atoms with E-state index < -0.39 is 11.6 Å². The second-order valence-corrected chi connectivity index (χ2v) is 6.61. The van der Waals surface area contributed by atoms with Crippen molar-refractivity contribution in [3.05, 3.63) is 11.1 Å². The van der Waals surface area contributed by atoms with Gasteiger partial charge in [-0.3, -0.25) is 0 Å². The number of carboxylic acid groups (broad SMARTS) is 1. The quantitative estimate of drug-likeness (QED) is 0.898. The van der Waals surface area contributed by atoms with Crippen LogP contribution in [0.3, 0.4) is 0 Å². The monoisotopic (exact) mass is 313 g/mol. The molecule has 0 atom stereocenters. The molecule has 1 aliphatic heterocycles. The summed E-state index contributed by atoms with van der Waals surface area (Å²) in [6.07, 6.45) is -0.312. The highest BCUT2D eigenvalue weighted by Gasteiger charge is 2.27. The lowest BCUT2D eigenvalue weighted by Crippen LogP contribution is -2.50. The van der Waals surface area contributed by atoms with Crippen molar-refractivity contribution in [2.45, 2.75) is 26.4 Å². The number of aromatic carboxylic acids is 1. The van der Waals surface area contributed by atoms with Gasteiger partial charge in [0.2, 0.25) is 0 Å². The molecule has 0 bridgehead atoms. The molecule has 2 heterocycles. The molecular weight excluding hydrogens is 294 g/mol. The van der Waals surface area contributed by atoms with Gasteiger partial charge in [-0.25, -0.2) is 14.6 Å². The van der Waals surface area contributed by atoms with Crippen LogP contribution in [0.25, 0.3) is 0 Å². The van der Waals surface area contributed by atoms with Crippen LogP contribution in [-0.4, -0.2) is 58.8 Å². The topological polar surface area (TPSA) is 83.0 Å². The number of amides is 1. The minimum atomic E-state index is -1.02. The molecule has 0 radical (unpaired) electrons. The van der Waals surface area contributed by atoms with Crippen LogP contribution in [0.1, 0.15) is 31.3 Å². The Morgan fingerprint density at radius 2 is 1.90 bits per heavy atom. The summed E-state index contributed by atoms with van der Waals surface area (Å²) in [5.41, 5.74) is -0.440. The average molecular weight is 313 g/mol. The van der Waals surface area contributed by atoms with Crippen LogP contribution in [0.4, 0.5) is 9.93 Å². The van der Waals surface area contributed by atoms with Crippen molar-refractivity contribution < 1.29 is 19.4 Å². The molecule has 1 saturated heterocycles. The lowest BCUT2D eigenvalue weighted by molar-refractivity contribution is 0.0240. The highest BCUT2D eigenvalue weighted by Crippen LogP contribution is 2.22. The summed E-state index contributed by atoms with van der Waals surface area (Å²) < 4.78 is 5.33. The number of aromatic nitrogens is 1. The molecule has 0 aromatic carbocycles. The van der Waals surface area contributed by atoms with Gasteiger partial charge >= 0.3 is 12.1 Å². The molecule has 8 heteroatoms. The second kappa shape index (κ2) is 5.88. The molecule has 116 valence electrons. The maximum atomic E-state index is 11.9. The van der Waals surface area contributed by atoms with E-state index in [0.29, 0.717) is 31.3 Å². The van der Waals surface area contributed by atoms with Crippen molar-refractivity contribution in [2.24, 2.45) is 0 Å². The predicted octanol–water partition coefficient (Wildman–Crippen LogP) is 1.90. The number of hydrogen-bond donors (Lipinski definition) is 1. The van der Waals surface area contributed by atoms with Crippen LogP contribution in [0.5, 0.6) is 0 Å². The molecule has 1 aromatic heterocycles. The summed E-state index contributed by atoms with van der Waals surface area (Å²) in [6, 6.07) is 0. The van der Waals surface area contributed by atoms with Gasteiger partial charge in [-0.05, 0) is 20.8 Å². The van der Waals surface area contributed by atoms with E-state index in [4.69, 9.17) is 9.84 Å². The zero-order chi connectivity index (χ0) is 15.6. The molecular formula is C13H19N3O4S. The smallest absolute Gasteiger partial charge is 0.410 e. The van der Waals surface area contributed by atoms with Gasteiger partial charge < -0.3 is 19.6 Å². The first kappa shape index (κ1) is 15.6. The number of anilines is 1. The Labute approximate surface area is 127 Å². The number of carboxylic acids is 1. The van der Waals surface area contributed by atoms with Crippen molar-refractivity contribution in [1.82, 2.24) is 9.88 Å². The Morgan fingerprint density at radius 1 is 1.29 bits per heavy atom. The van der Waals surface area contributed by atoms with E-state index in [1.807, 2.05) is 25.7 Å². The SMILES string of the molecule is CC(C)(C)OC(=O)N1CCN(c2nc(C(=O)O)cs2)CC1. The van der Waals surface area contributed by atoms with Crippen molar-refractivity contribution in [3.8, 4) is 0 Å². The summed E-state index contributed by atoms with van der Waals surface area (Å²) in [5.74, 6) is -1.02. The van der Waals surface area contributed by atoms with E-state index in [-0.39, 0.29) is 11.8 Å². The molecule has 0 unspecified atom stereocenters. The second-order valence-electron chi connectivity index (χ2n) is 5.77. The zero-order valence-corrected chi connectivity index (χ0v) is 13.1. The number of ether oxygens (including phenoxy) is 1. The lowest BCUT2D eigenvalue weighted by Gasteiger charge is -2.35. The van der Waals surface area contributed by atoms with Gasteiger partial charge in [-0.15, -0.1) is 11.3 Å². The molecule has 21 heavy (non-hydrogen) atoms. The first-order valence-corrected chi connectivity index (χ1v) is 7.56. The Morgan fingerprint density at radius 3 is 2.38 bits per heavy atom. The molecule has 1 N–H and O–H groups in total. The third-order valence-corrected chi connectivity index (χ3v) is 3.81. The van der Waals surface area contributed by atoms with E-state index in [9.17, 15) is 9.59 Å². The Kier molecular flexibility index (Phi) is 4.36. The Hall–Kier alpha value is -1.83. The normalized spacial score (nSPS) is 16.0. The third-order valence-electron chi connectivity index (χ3n) is 2.91. The van der Waals surface area contributed by atoms with E-state index in [1.54, 1.807) is 4.90 Å². The van der Waals surface area contributed by atoms with E-state index in [0.717, 1.165) is 0 Å². The van der Waals surface area contributed by atoms with Gasteiger partial charge in [0.15, 0.2) is 10.8 Å². The molecule has 1 aromatic rings. The van der Waals surface area contributed by atoms with E-state index in [1.165, 1.54) is 16.7 Å². The van der Waals surface area contributed by atoms with Crippen LogP contribution in [-0.2, 0) is 4.74 Å². The standard InChI is InChI=1S/C13H19N3O4S/c1-13(2,3)20-12(19)16-6-4-15(5-7-16)11-14-9(8-21-11)10(17)18/h8H,4-7H2,1-3H3,(H,17,18). The maximum Gasteiger partial charge on any atom is 0.410 e. The molecule has 0 aliphatic carbocycles. The summed E-state index contributed by atoms with van der Waals surface area (Å²) in [6.45, 7) is 7.82. The molecule has 1 fully saturated rings. The van der Waals surface area contributed by atoms with E-state index in [2.05, 4.69) is 4.98 Å². The first-order valence-electron chi connectivity index (χ1n) is 6.68. The number of nitrogens with zero attached hydrogens (tertiary/aromatic N) is 3. The summed E-state index contributed by atoms with van der Waals surface area (Å²) >= 11 is 1.30. The number of rotatable bonds is 2. The summed E-state index contributed by atoms with van der Waals surface area (Å²) in [4.78, 5) is 30.5. The van der Waals surface area contributed by atoms with Gasteiger partial charge in [0.05, 0.1) is 0 Å². The van der Waals surface area contributed by atoms with Crippen LogP contribution >= 0.6 is 11.3 Å². The fourth-order valence-corrected chi connectivity index (χ4v) is 2.77. The highest BCUT2D eigenvalue weighted by atomic mass is 32.1. The maximum absolute atomic E-state index is 11.9. The van der Waals surface area contributed by atoms with Crippen molar-refractivity contribution >= 4 is 28.5 Å². The van der Waals surface area contributed by atoms with Gasteiger partial charge in [0, 0.05) is 31.6 Å². The molecule has 2 rings (SSSR count). The van der Waals surface area contributed by atoms with Gasteiger partial charge in [0.1, 0.15) is 5.60 Å². The Balaban J connectivity index is 1.90. The predicted molar refractivity (Wildman–Crippen MR) is 79.1 cm³/mol. The van der Waals surface area contributed by atoms with Gasteiger partial charge in [-0.2, -0.15) is 0 Å². The highest BCUT2D eigenvalue weighted by molar-refractivity contribution is 7.13. The summed E-state index contributed by atoms with van der Waals surface area (Å²) in [5, 5.41) is 11.1. The van der Waals surface area contributed by atoms with Crippen LogP contribution < -0.4 is 4.90 Å². The number of carbonyl (C=O) groups excluding carboxylic acids is 1. The molecule has 1 aliphatic rings. The Bertz CT molecular complexity index is 530. The largest absolute Gasteiger partial charge is 0.476 e. The minimum absolute atomic E-state index is 0.0598. The number of carbonyl (C=O) groups is 2. The molecule has 0 saturated carbocycles. The van der Waals surface area contributed by atoms with Crippen LogP contribution in [0.15, 0.2) is 5.38 Å². The molecule has 1 amide bonds. The van der Waals surface area contributed by atoms with Crippen LogP contribution in [0, 0.1) is 0 Å². The van der Waals surface area contributed by atoms with E-state index >= 15 is 0 Å². The third kappa shape index (κ3) is 4.07. The fourth-order valence-electron chi connectivity index (χ4n) is 1.91. The molecule has 7 nitrogen and oxygen atoms in total. The van der Waals surface area contributed by atoms with Crippen molar-refractivity contribution in [2.75, 3.05) is 31.1 Å². The van der Waals surface area contributed by atoms with Crippen molar-refractivity contribution in [1.29, 1.82) is 0 Å². The zero-order valence-electron chi connectivity index (χ0n) is 12.3. The molecule has 0 spiro atoms. The first-order chi connectivity index (χ1) is 9.76. The minimum Gasteiger partial charge on any atom is -0.476 e. The average Bonchev–Trinajstić information content (AvgIpc) is 2.86. The number of thiazole rings is 1. The lowest BCUT2D eigenvalue weighted by atomic mass is 10.2. The van der Waals surface area contributed by atoms with Gasteiger partial charge in [-0.1, -0.05) is 0 Å². The van der Waals surface area contributed by atoms with Gasteiger partial charge in [0.25, 0.3) is 0 Å². The summed E-state index contributed by atoms with van der Waals surface area (Å²) in [7, 11) is 0. The van der Waals surface area contributed by atoms with Crippen molar-refractivity contribution in [3.63, 3.8) is 0 Å². The number of piperazine rings is 1.